The molecule has 1 amide bonds. The zero-order valence-corrected chi connectivity index (χ0v) is 13.7. The molecular weight excluding hydrogens is 322 g/mol. The van der Waals surface area contributed by atoms with Crippen molar-refractivity contribution in [2.24, 2.45) is 5.41 Å². The van der Waals surface area contributed by atoms with Gasteiger partial charge in [-0.05, 0) is 45.4 Å². The van der Waals surface area contributed by atoms with Crippen LogP contribution in [0.5, 0.6) is 0 Å². The standard InChI is InChI=1S/C15H20BrNO3/c1-14(2,13(19)20)9-12(18)17-15(3,4)10-5-7-11(16)8-6-10/h5-8H,9H2,1-4H3,(H,17,18)(H,19,20). The van der Waals surface area contributed by atoms with E-state index in [4.69, 9.17) is 5.11 Å². The fourth-order valence-corrected chi connectivity index (χ4v) is 2.07. The first-order valence-corrected chi connectivity index (χ1v) is 7.14. The fourth-order valence-electron chi connectivity index (χ4n) is 1.81. The van der Waals surface area contributed by atoms with Gasteiger partial charge in [0.15, 0.2) is 0 Å². The van der Waals surface area contributed by atoms with Crippen LogP contribution in [0.15, 0.2) is 28.7 Å². The number of halogens is 1. The summed E-state index contributed by atoms with van der Waals surface area (Å²) in [7, 11) is 0. The van der Waals surface area contributed by atoms with Crippen molar-refractivity contribution in [3.63, 3.8) is 0 Å². The molecule has 110 valence electrons. The molecule has 0 radical (unpaired) electrons. The molecule has 0 saturated carbocycles. The Morgan fingerprint density at radius 1 is 1.15 bits per heavy atom. The lowest BCUT2D eigenvalue weighted by Gasteiger charge is -2.29. The molecule has 2 N–H and O–H groups in total. The molecule has 4 nitrogen and oxygen atoms in total. The molecule has 0 atom stereocenters. The Bertz CT molecular complexity index is 506. The zero-order chi connectivity index (χ0) is 15.6. The Balaban J connectivity index is 2.78. The second-order valence-corrected chi connectivity index (χ2v) is 6.96. The summed E-state index contributed by atoms with van der Waals surface area (Å²) in [5.74, 6) is -1.25. The van der Waals surface area contributed by atoms with Crippen molar-refractivity contribution in [2.45, 2.75) is 39.7 Å². The van der Waals surface area contributed by atoms with Crippen LogP contribution in [0.4, 0.5) is 0 Å². The molecule has 0 aromatic heterocycles. The first-order chi connectivity index (χ1) is 9.04. The smallest absolute Gasteiger partial charge is 0.309 e. The summed E-state index contributed by atoms with van der Waals surface area (Å²) in [5.41, 5.74) is -0.658. The molecule has 0 fully saturated rings. The van der Waals surface area contributed by atoms with Crippen LogP contribution in [0.1, 0.15) is 39.7 Å². The first-order valence-electron chi connectivity index (χ1n) is 6.35. The van der Waals surface area contributed by atoms with Gasteiger partial charge in [0, 0.05) is 10.9 Å². The maximum absolute atomic E-state index is 12.0. The second-order valence-electron chi connectivity index (χ2n) is 6.05. The molecular formula is C15H20BrNO3. The van der Waals surface area contributed by atoms with E-state index in [0.717, 1.165) is 10.0 Å². The first kappa shape index (κ1) is 16.7. The third kappa shape index (κ3) is 4.34. The van der Waals surface area contributed by atoms with E-state index in [1.165, 1.54) is 0 Å². The quantitative estimate of drug-likeness (QED) is 0.863. The van der Waals surface area contributed by atoms with Crippen LogP contribution in [-0.4, -0.2) is 17.0 Å². The van der Waals surface area contributed by atoms with Crippen LogP contribution >= 0.6 is 15.9 Å². The number of benzene rings is 1. The van der Waals surface area contributed by atoms with Crippen molar-refractivity contribution >= 4 is 27.8 Å². The molecule has 0 heterocycles. The molecule has 20 heavy (non-hydrogen) atoms. The van der Waals surface area contributed by atoms with E-state index in [9.17, 15) is 9.59 Å². The minimum absolute atomic E-state index is 0.0533. The van der Waals surface area contributed by atoms with E-state index >= 15 is 0 Å². The largest absolute Gasteiger partial charge is 0.481 e. The van der Waals surface area contributed by atoms with Crippen molar-refractivity contribution < 1.29 is 14.7 Å². The number of hydrogen-bond donors (Lipinski definition) is 2. The second kappa shape index (κ2) is 5.95. The number of carboxylic acids is 1. The average Bonchev–Trinajstić information content (AvgIpc) is 2.27. The number of amides is 1. The van der Waals surface area contributed by atoms with Gasteiger partial charge < -0.3 is 10.4 Å². The number of carboxylic acid groups (broad SMARTS) is 1. The van der Waals surface area contributed by atoms with Crippen LogP contribution in [0.3, 0.4) is 0 Å². The monoisotopic (exact) mass is 341 g/mol. The fraction of sp³-hybridized carbons (Fsp3) is 0.467. The van der Waals surface area contributed by atoms with Gasteiger partial charge in [-0.1, -0.05) is 28.1 Å². The summed E-state index contributed by atoms with van der Waals surface area (Å²) < 4.78 is 0.968. The normalized spacial score (nSPS) is 12.1. The summed E-state index contributed by atoms with van der Waals surface area (Å²) in [6.07, 6.45) is -0.0533. The van der Waals surface area contributed by atoms with Crippen molar-refractivity contribution in [3.8, 4) is 0 Å². The van der Waals surface area contributed by atoms with Gasteiger partial charge in [-0.25, -0.2) is 0 Å². The summed E-state index contributed by atoms with van der Waals surface area (Å²) in [6.45, 7) is 6.87. The third-order valence-electron chi connectivity index (χ3n) is 3.20. The number of hydrogen-bond acceptors (Lipinski definition) is 2. The SMILES string of the molecule is CC(C)(CC(=O)NC(C)(C)c1ccc(Br)cc1)C(=O)O. The van der Waals surface area contributed by atoms with E-state index in [1.807, 2.05) is 38.1 Å². The zero-order valence-electron chi connectivity index (χ0n) is 12.2. The Labute approximate surface area is 127 Å². The van der Waals surface area contributed by atoms with Gasteiger partial charge in [0.25, 0.3) is 0 Å². The Morgan fingerprint density at radius 2 is 1.65 bits per heavy atom. The highest BCUT2D eigenvalue weighted by Crippen LogP contribution is 2.25. The summed E-state index contributed by atoms with van der Waals surface area (Å²) in [4.78, 5) is 23.1. The van der Waals surface area contributed by atoms with E-state index in [0.29, 0.717) is 0 Å². The lowest BCUT2D eigenvalue weighted by molar-refractivity contribution is -0.149. The van der Waals surface area contributed by atoms with Crippen molar-refractivity contribution in [3.05, 3.63) is 34.3 Å². The topological polar surface area (TPSA) is 66.4 Å². The lowest BCUT2D eigenvalue weighted by Crippen LogP contribution is -2.43. The van der Waals surface area contributed by atoms with Gasteiger partial charge in [0.05, 0.1) is 11.0 Å². The third-order valence-corrected chi connectivity index (χ3v) is 3.73. The minimum Gasteiger partial charge on any atom is -0.481 e. The number of carbonyl (C=O) groups is 2. The van der Waals surface area contributed by atoms with Crippen molar-refractivity contribution in [2.75, 3.05) is 0 Å². The van der Waals surface area contributed by atoms with Crippen LogP contribution in [0.25, 0.3) is 0 Å². The Kier molecular flexibility index (Phi) is 4.97. The van der Waals surface area contributed by atoms with Gasteiger partial charge >= 0.3 is 5.97 Å². The molecule has 0 aliphatic rings. The predicted molar refractivity (Wildman–Crippen MR) is 81.3 cm³/mol. The highest BCUT2D eigenvalue weighted by Gasteiger charge is 2.32. The summed E-state index contributed by atoms with van der Waals surface area (Å²) >= 11 is 3.37. The molecule has 5 heteroatoms. The Hall–Kier alpha value is -1.36. The minimum atomic E-state index is -1.07. The van der Waals surface area contributed by atoms with Gasteiger partial charge in [0.2, 0.25) is 5.91 Å². The molecule has 0 spiro atoms. The molecule has 1 rings (SSSR count). The van der Waals surface area contributed by atoms with Crippen LogP contribution in [0, 0.1) is 5.41 Å². The number of nitrogens with one attached hydrogen (secondary N) is 1. The molecule has 1 aromatic carbocycles. The number of rotatable bonds is 5. The van der Waals surface area contributed by atoms with Crippen LogP contribution < -0.4 is 5.32 Å². The highest BCUT2D eigenvalue weighted by atomic mass is 79.9. The molecule has 1 aromatic rings. The van der Waals surface area contributed by atoms with Gasteiger partial charge in [-0.2, -0.15) is 0 Å². The van der Waals surface area contributed by atoms with E-state index < -0.39 is 16.9 Å². The van der Waals surface area contributed by atoms with E-state index in [2.05, 4.69) is 21.2 Å². The van der Waals surface area contributed by atoms with Crippen LogP contribution in [-0.2, 0) is 15.1 Å². The van der Waals surface area contributed by atoms with Crippen molar-refractivity contribution in [1.82, 2.24) is 5.32 Å². The van der Waals surface area contributed by atoms with Gasteiger partial charge in [-0.15, -0.1) is 0 Å². The number of carbonyl (C=O) groups excluding carboxylic acids is 1. The molecule has 0 bridgehead atoms. The summed E-state index contributed by atoms with van der Waals surface area (Å²) in [6, 6.07) is 7.66. The molecule has 0 unspecified atom stereocenters. The van der Waals surface area contributed by atoms with Crippen LogP contribution in [0.2, 0.25) is 0 Å². The maximum atomic E-state index is 12.0. The predicted octanol–water partition coefficient (Wildman–Crippen LogP) is 3.30. The molecule has 0 saturated heterocycles. The number of aliphatic carboxylic acids is 1. The molecule has 0 aliphatic heterocycles. The van der Waals surface area contributed by atoms with Gasteiger partial charge in [-0.3, -0.25) is 9.59 Å². The highest BCUT2D eigenvalue weighted by molar-refractivity contribution is 9.10. The van der Waals surface area contributed by atoms with Gasteiger partial charge in [0.1, 0.15) is 0 Å². The lowest BCUT2D eigenvalue weighted by atomic mass is 9.88. The average molecular weight is 342 g/mol. The molecule has 0 aliphatic carbocycles. The Morgan fingerprint density at radius 3 is 2.10 bits per heavy atom. The van der Waals surface area contributed by atoms with E-state index in [1.54, 1.807) is 13.8 Å². The van der Waals surface area contributed by atoms with Crippen molar-refractivity contribution in [1.29, 1.82) is 0 Å². The maximum Gasteiger partial charge on any atom is 0.309 e. The summed E-state index contributed by atoms with van der Waals surface area (Å²) in [5, 5.41) is 11.9. The van der Waals surface area contributed by atoms with E-state index in [-0.39, 0.29) is 12.3 Å².